The van der Waals surface area contributed by atoms with Crippen LogP contribution >= 0.6 is 0 Å². The molecule has 0 saturated carbocycles. The molecule has 8 nitrogen and oxygen atoms in total. The van der Waals surface area contributed by atoms with Crippen LogP contribution in [0, 0.1) is 27.7 Å². The van der Waals surface area contributed by atoms with E-state index in [1.54, 1.807) is 43.3 Å². The highest BCUT2D eigenvalue weighted by Gasteiger charge is 2.29. The maximum atomic E-state index is 13.2. The summed E-state index contributed by atoms with van der Waals surface area (Å²) >= 11 is 0. The molecular weight excluding hydrogens is 534 g/mol. The van der Waals surface area contributed by atoms with Gasteiger partial charge in [0.2, 0.25) is 0 Å². The Labute approximate surface area is 228 Å². The SMILES string of the molecule is Cc1cccc([N-]S(=O)(=O)c2ccc3c(c2)C(=NO)c2cc(S(=O)(=O)Nc4cccc(C)c4C)ccc2-3)c1C. The first kappa shape index (κ1) is 26.5. The van der Waals surface area contributed by atoms with Gasteiger partial charge in [0.05, 0.1) is 15.5 Å². The van der Waals surface area contributed by atoms with Crippen molar-refractivity contribution in [2.75, 3.05) is 4.72 Å². The Morgan fingerprint density at radius 2 is 1.26 bits per heavy atom. The molecule has 0 atom stereocenters. The number of oxime groups is 1. The fraction of sp³-hybridized carbons (Fsp3) is 0.138. The summed E-state index contributed by atoms with van der Waals surface area (Å²) in [6.45, 7) is 7.42. The fourth-order valence-electron chi connectivity index (χ4n) is 4.57. The number of sulfonamides is 2. The molecule has 0 unspecified atom stereocenters. The lowest BCUT2D eigenvalue weighted by Crippen LogP contribution is -2.14. The molecule has 0 saturated heterocycles. The first-order valence-corrected chi connectivity index (χ1v) is 15.0. The summed E-state index contributed by atoms with van der Waals surface area (Å²) in [5, 5.41) is 13.3. The molecule has 0 fully saturated rings. The summed E-state index contributed by atoms with van der Waals surface area (Å²) in [4.78, 5) is -0.0885. The Bertz CT molecular complexity index is 1760. The van der Waals surface area contributed by atoms with E-state index >= 15 is 0 Å². The fourth-order valence-corrected chi connectivity index (χ4v) is 6.79. The summed E-state index contributed by atoms with van der Waals surface area (Å²) in [5.41, 5.74) is 6.31. The van der Waals surface area contributed by atoms with Gasteiger partial charge in [0.15, 0.2) is 0 Å². The Balaban J connectivity index is 1.51. The van der Waals surface area contributed by atoms with Gasteiger partial charge in [-0.1, -0.05) is 53.2 Å². The molecule has 0 amide bonds. The number of nitrogens with zero attached hydrogens (tertiary/aromatic N) is 2. The second-order valence-corrected chi connectivity index (χ2v) is 12.8. The van der Waals surface area contributed by atoms with Crippen molar-refractivity contribution in [2.45, 2.75) is 37.5 Å². The van der Waals surface area contributed by atoms with Gasteiger partial charge in [-0.05, 0) is 85.8 Å². The van der Waals surface area contributed by atoms with E-state index in [0.717, 1.165) is 22.3 Å². The molecule has 4 aromatic rings. The molecule has 0 aliphatic heterocycles. The van der Waals surface area contributed by atoms with E-state index < -0.39 is 20.0 Å². The van der Waals surface area contributed by atoms with Crippen LogP contribution in [0.15, 0.2) is 87.7 Å². The van der Waals surface area contributed by atoms with Crippen molar-refractivity contribution >= 4 is 37.1 Å². The first-order valence-electron chi connectivity index (χ1n) is 12.1. The molecule has 1 aliphatic carbocycles. The lowest BCUT2D eigenvalue weighted by molar-refractivity contribution is 0.320. The summed E-state index contributed by atoms with van der Waals surface area (Å²) in [6.07, 6.45) is 0. The Kier molecular flexibility index (Phi) is 6.48. The number of hydrogen-bond donors (Lipinski definition) is 2. The van der Waals surface area contributed by atoms with Crippen LogP contribution in [0.5, 0.6) is 0 Å². The van der Waals surface area contributed by atoms with Crippen LogP contribution in [-0.2, 0) is 20.0 Å². The highest BCUT2D eigenvalue weighted by molar-refractivity contribution is 7.94. The standard InChI is InChI=1S/C29H26N3O5S2/c1-17-7-5-9-27(19(17)3)31-38(34,35)21-11-13-23-24-14-12-22(16-26(24)29(30-33)25(23)15-21)39(36,37)32-28-10-6-8-18(2)20(28)4/h5-16,31,33H,1-4H3/q-1. The first-order chi connectivity index (χ1) is 18.4. The molecule has 0 aromatic heterocycles. The second-order valence-electron chi connectivity index (χ2n) is 9.50. The number of nitrogens with one attached hydrogen (secondary N) is 1. The van der Waals surface area contributed by atoms with E-state index in [0.29, 0.717) is 33.6 Å². The number of anilines is 1. The highest BCUT2D eigenvalue weighted by Crippen LogP contribution is 2.41. The van der Waals surface area contributed by atoms with E-state index in [-0.39, 0.29) is 15.5 Å². The zero-order chi connectivity index (χ0) is 28.1. The van der Waals surface area contributed by atoms with E-state index in [4.69, 9.17) is 0 Å². The van der Waals surface area contributed by atoms with Crippen LogP contribution in [0.25, 0.3) is 15.8 Å². The molecule has 200 valence electrons. The maximum Gasteiger partial charge on any atom is 0.261 e. The number of aryl methyl sites for hydroxylation is 2. The van der Waals surface area contributed by atoms with Gasteiger partial charge in [-0.15, -0.1) is 5.69 Å². The van der Waals surface area contributed by atoms with Gasteiger partial charge in [0.25, 0.3) is 10.0 Å². The Hall–Kier alpha value is -4.15. The third-order valence-corrected chi connectivity index (χ3v) is 9.78. The quantitative estimate of drug-likeness (QED) is 0.186. The Morgan fingerprint density at radius 1 is 0.692 bits per heavy atom. The van der Waals surface area contributed by atoms with Crippen LogP contribution in [0.2, 0.25) is 0 Å². The van der Waals surface area contributed by atoms with Crippen molar-refractivity contribution < 1.29 is 22.0 Å². The number of fused-ring (bicyclic) bond motifs is 3. The molecule has 0 bridgehead atoms. The molecular formula is C29H26N3O5S2-. The highest BCUT2D eigenvalue weighted by atomic mass is 32.2. The summed E-state index contributed by atoms with van der Waals surface area (Å²) < 4.78 is 59.5. The van der Waals surface area contributed by atoms with E-state index in [9.17, 15) is 22.0 Å². The Morgan fingerprint density at radius 3 is 1.90 bits per heavy atom. The minimum Gasteiger partial charge on any atom is -0.572 e. The molecule has 5 rings (SSSR count). The molecule has 0 radical (unpaired) electrons. The average Bonchev–Trinajstić information content (AvgIpc) is 3.21. The lowest BCUT2D eigenvalue weighted by Gasteiger charge is -2.25. The minimum atomic E-state index is -4.08. The van der Waals surface area contributed by atoms with Crippen molar-refractivity contribution in [3.8, 4) is 11.1 Å². The smallest absolute Gasteiger partial charge is 0.261 e. The molecule has 39 heavy (non-hydrogen) atoms. The van der Waals surface area contributed by atoms with Gasteiger partial charge >= 0.3 is 0 Å². The van der Waals surface area contributed by atoms with Crippen LogP contribution in [0.4, 0.5) is 11.4 Å². The van der Waals surface area contributed by atoms with Crippen molar-refractivity contribution in [3.05, 3.63) is 111 Å². The van der Waals surface area contributed by atoms with E-state index in [2.05, 4.69) is 14.6 Å². The van der Waals surface area contributed by atoms with Gasteiger partial charge in [-0.25, -0.2) is 16.8 Å². The normalized spacial score (nSPS) is 13.7. The van der Waals surface area contributed by atoms with Crippen LogP contribution in [-0.4, -0.2) is 27.8 Å². The molecule has 10 heteroatoms. The average molecular weight is 561 g/mol. The lowest BCUT2D eigenvalue weighted by atomic mass is 10.1. The number of hydrogen-bond acceptors (Lipinski definition) is 6. The topological polar surface area (TPSA) is 127 Å². The molecule has 1 aliphatic rings. The van der Waals surface area contributed by atoms with E-state index in [1.165, 1.54) is 24.3 Å². The van der Waals surface area contributed by atoms with Crippen LogP contribution in [0.1, 0.15) is 33.4 Å². The number of rotatable bonds is 6. The summed E-state index contributed by atoms with van der Waals surface area (Å²) in [6, 6.07) is 19.6. The molecule has 2 N–H and O–H groups in total. The van der Waals surface area contributed by atoms with Crippen LogP contribution < -0.4 is 4.72 Å². The monoisotopic (exact) mass is 560 g/mol. The predicted molar refractivity (Wildman–Crippen MR) is 152 cm³/mol. The summed E-state index contributed by atoms with van der Waals surface area (Å²) in [7, 11) is -8.05. The predicted octanol–water partition coefficient (Wildman–Crippen LogP) is 6.32. The largest absolute Gasteiger partial charge is 0.572 e. The molecule has 0 heterocycles. The zero-order valence-electron chi connectivity index (χ0n) is 21.7. The van der Waals surface area contributed by atoms with Crippen molar-refractivity contribution in [2.24, 2.45) is 5.16 Å². The van der Waals surface area contributed by atoms with Gasteiger partial charge in [-0.2, -0.15) is 0 Å². The van der Waals surface area contributed by atoms with Crippen molar-refractivity contribution in [1.29, 1.82) is 0 Å². The third kappa shape index (κ3) is 4.66. The second kappa shape index (κ2) is 9.55. The number of benzene rings is 4. The van der Waals surface area contributed by atoms with Gasteiger partial charge in [-0.3, -0.25) is 4.72 Å². The maximum absolute atomic E-state index is 13.2. The van der Waals surface area contributed by atoms with E-state index in [1.807, 2.05) is 32.9 Å². The molecule has 4 aromatic carbocycles. The molecule has 0 spiro atoms. The zero-order valence-corrected chi connectivity index (χ0v) is 23.4. The van der Waals surface area contributed by atoms with Gasteiger partial charge in [0, 0.05) is 11.1 Å². The summed E-state index contributed by atoms with van der Waals surface area (Å²) in [5.74, 6) is 0. The third-order valence-electron chi connectivity index (χ3n) is 7.13. The van der Waals surface area contributed by atoms with Gasteiger partial charge in [0.1, 0.15) is 15.7 Å². The van der Waals surface area contributed by atoms with Crippen molar-refractivity contribution in [1.82, 2.24) is 0 Å². The minimum absolute atomic E-state index is 0.0196. The van der Waals surface area contributed by atoms with Crippen molar-refractivity contribution in [3.63, 3.8) is 0 Å². The van der Waals surface area contributed by atoms with Gasteiger partial charge < -0.3 is 9.93 Å². The van der Waals surface area contributed by atoms with Crippen LogP contribution in [0.3, 0.4) is 0 Å².